The second-order valence-corrected chi connectivity index (χ2v) is 9.93. The molecule has 0 bridgehead atoms. The van der Waals surface area contributed by atoms with Crippen molar-refractivity contribution in [2.24, 2.45) is 0 Å². The Kier molecular flexibility index (Phi) is 7.67. The van der Waals surface area contributed by atoms with E-state index in [9.17, 15) is 36.3 Å². The number of amides is 1. The number of carboxylic acids is 1. The molecule has 0 spiro atoms. The number of benzene rings is 2. The molecule has 0 aromatic heterocycles. The fraction of sp³-hybridized carbons (Fsp3) is 0.391. The first-order valence-corrected chi connectivity index (χ1v) is 12.2. The zero-order valence-corrected chi connectivity index (χ0v) is 19.2. The molecule has 2 N–H and O–H groups in total. The van der Waals surface area contributed by atoms with Crippen molar-refractivity contribution >= 4 is 21.9 Å². The molecular weight excluding hydrogens is 473 g/mol. The number of nitrogens with zero attached hydrogens (tertiary/aromatic N) is 1. The number of sulfonamides is 1. The number of unbranched alkanes of at least 4 members (excludes halogenated alkanes) is 1. The molecule has 0 radical (unpaired) electrons. The van der Waals surface area contributed by atoms with Crippen molar-refractivity contribution in [2.45, 2.75) is 62.3 Å². The Labute approximate surface area is 195 Å². The summed E-state index contributed by atoms with van der Waals surface area (Å²) in [5.41, 5.74) is -0.113. The third-order valence-electron chi connectivity index (χ3n) is 5.75. The summed E-state index contributed by atoms with van der Waals surface area (Å²) < 4.78 is 68.5. The van der Waals surface area contributed by atoms with E-state index in [-0.39, 0.29) is 19.4 Å². The van der Waals surface area contributed by atoms with Crippen LogP contribution in [0.1, 0.15) is 42.9 Å². The van der Waals surface area contributed by atoms with Gasteiger partial charge in [0.1, 0.15) is 12.1 Å². The molecule has 2 aromatic carbocycles. The number of alkyl halides is 3. The molecule has 0 saturated carbocycles. The number of rotatable bonds is 8. The molecule has 34 heavy (non-hydrogen) atoms. The van der Waals surface area contributed by atoms with E-state index in [1.165, 1.54) is 6.07 Å². The highest BCUT2D eigenvalue weighted by Gasteiger charge is 2.44. The molecule has 184 valence electrons. The average molecular weight is 499 g/mol. The quantitative estimate of drug-likeness (QED) is 0.579. The van der Waals surface area contributed by atoms with Crippen molar-refractivity contribution in [3.8, 4) is 0 Å². The fourth-order valence-electron chi connectivity index (χ4n) is 3.96. The van der Waals surface area contributed by atoms with Crippen molar-refractivity contribution in [3.05, 3.63) is 65.2 Å². The Morgan fingerprint density at radius 2 is 1.74 bits per heavy atom. The zero-order chi connectivity index (χ0) is 25.1. The van der Waals surface area contributed by atoms with E-state index in [0.29, 0.717) is 30.0 Å². The number of halogens is 3. The average Bonchev–Trinajstić information content (AvgIpc) is 2.80. The van der Waals surface area contributed by atoms with Gasteiger partial charge in [0.25, 0.3) is 0 Å². The lowest BCUT2D eigenvalue weighted by molar-refractivity contribution is -0.142. The van der Waals surface area contributed by atoms with Gasteiger partial charge in [0, 0.05) is 6.54 Å². The van der Waals surface area contributed by atoms with E-state index >= 15 is 0 Å². The first-order valence-electron chi connectivity index (χ1n) is 10.7. The topological polar surface area (TPSA) is 104 Å². The molecule has 2 atom stereocenters. The van der Waals surface area contributed by atoms with Crippen LogP contribution in [-0.2, 0) is 38.8 Å². The molecule has 0 aliphatic carbocycles. The summed E-state index contributed by atoms with van der Waals surface area (Å²) in [7, 11) is -4.78. The summed E-state index contributed by atoms with van der Waals surface area (Å²) in [6.07, 6.45) is -3.68. The third kappa shape index (κ3) is 5.41. The van der Waals surface area contributed by atoms with Crippen LogP contribution in [-0.4, -0.2) is 41.8 Å². The zero-order valence-electron chi connectivity index (χ0n) is 18.4. The van der Waals surface area contributed by atoms with Crippen molar-refractivity contribution in [3.63, 3.8) is 0 Å². The van der Waals surface area contributed by atoms with Gasteiger partial charge in [-0.3, -0.25) is 4.79 Å². The molecule has 1 heterocycles. The van der Waals surface area contributed by atoms with Crippen LogP contribution < -0.4 is 5.32 Å². The SMILES string of the molecule is CCCCC(NC(=O)[C@@H]1Cc2ccccc2CN1S(=O)(=O)c1ccccc1C(F)(F)F)C(=O)O. The Morgan fingerprint density at radius 1 is 1.12 bits per heavy atom. The highest BCUT2D eigenvalue weighted by Crippen LogP contribution is 2.37. The number of carbonyl (C=O) groups is 2. The van der Waals surface area contributed by atoms with Gasteiger partial charge in [0.15, 0.2) is 0 Å². The number of carbonyl (C=O) groups excluding carboxylic acids is 1. The predicted molar refractivity (Wildman–Crippen MR) is 117 cm³/mol. The molecule has 1 aliphatic rings. The Hall–Kier alpha value is -2.92. The van der Waals surface area contributed by atoms with E-state index in [1.54, 1.807) is 24.3 Å². The van der Waals surface area contributed by atoms with Crippen LogP contribution >= 0.6 is 0 Å². The monoisotopic (exact) mass is 498 g/mol. The summed E-state index contributed by atoms with van der Waals surface area (Å²) >= 11 is 0. The standard InChI is InChI=1S/C23H25F3N2O5S/c1-2-3-11-18(22(30)31)27-21(29)19-13-15-8-4-5-9-16(15)14-28(19)34(32,33)20-12-7-6-10-17(20)23(24,25)26/h4-10,12,18-19H,2-3,11,13-14H2,1H3,(H,27,29)(H,30,31)/t18?,19-/m0/s1. The van der Waals surface area contributed by atoms with Gasteiger partial charge in [-0.1, -0.05) is 56.2 Å². The van der Waals surface area contributed by atoms with Crippen LogP contribution in [0.5, 0.6) is 0 Å². The number of fused-ring (bicyclic) bond motifs is 1. The van der Waals surface area contributed by atoms with E-state index in [1.807, 2.05) is 6.92 Å². The van der Waals surface area contributed by atoms with Crippen LogP contribution in [0.15, 0.2) is 53.4 Å². The molecule has 1 aliphatic heterocycles. The highest BCUT2D eigenvalue weighted by atomic mass is 32.2. The smallest absolute Gasteiger partial charge is 0.417 e. The summed E-state index contributed by atoms with van der Waals surface area (Å²) in [5, 5.41) is 11.8. The first kappa shape index (κ1) is 25.7. The van der Waals surface area contributed by atoms with Crippen molar-refractivity contribution in [2.75, 3.05) is 0 Å². The highest BCUT2D eigenvalue weighted by molar-refractivity contribution is 7.89. The van der Waals surface area contributed by atoms with Crippen LogP contribution in [0.4, 0.5) is 13.2 Å². The largest absolute Gasteiger partial charge is 0.480 e. The number of hydrogen-bond acceptors (Lipinski definition) is 4. The van der Waals surface area contributed by atoms with Gasteiger partial charge in [-0.25, -0.2) is 13.2 Å². The van der Waals surface area contributed by atoms with Gasteiger partial charge in [0.05, 0.1) is 10.5 Å². The number of nitrogens with one attached hydrogen (secondary N) is 1. The van der Waals surface area contributed by atoms with Crippen LogP contribution in [0, 0.1) is 0 Å². The minimum absolute atomic E-state index is 0.102. The number of aliphatic carboxylic acids is 1. The number of carboxylic acid groups (broad SMARTS) is 1. The molecule has 0 fully saturated rings. The fourth-order valence-corrected chi connectivity index (χ4v) is 5.74. The molecule has 0 saturated heterocycles. The Balaban J connectivity index is 2.04. The van der Waals surface area contributed by atoms with Gasteiger partial charge in [-0.2, -0.15) is 17.5 Å². The normalized spacial score (nSPS) is 17.6. The molecule has 1 unspecified atom stereocenters. The van der Waals surface area contributed by atoms with Gasteiger partial charge >= 0.3 is 12.1 Å². The van der Waals surface area contributed by atoms with Crippen LogP contribution in [0.3, 0.4) is 0 Å². The van der Waals surface area contributed by atoms with Gasteiger partial charge in [-0.15, -0.1) is 0 Å². The third-order valence-corrected chi connectivity index (χ3v) is 7.66. The van der Waals surface area contributed by atoms with Crippen molar-refractivity contribution in [1.82, 2.24) is 9.62 Å². The molecule has 2 aromatic rings. The molecule has 7 nitrogen and oxygen atoms in total. The lowest BCUT2D eigenvalue weighted by Crippen LogP contribution is -2.55. The lowest BCUT2D eigenvalue weighted by Gasteiger charge is -2.36. The Morgan fingerprint density at radius 3 is 2.35 bits per heavy atom. The van der Waals surface area contributed by atoms with E-state index < -0.39 is 50.6 Å². The van der Waals surface area contributed by atoms with Crippen molar-refractivity contribution in [1.29, 1.82) is 0 Å². The van der Waals surface area contributed by atoms with Gasteiger partial charge in [-0.05, 0) is 36.1 Å². The maximum Gasteiger partial charge on any atom is 0.417 e. The lowest BCUT2D eigenvalue weighted by atomic mass is 9.95. The maximum absolute atomic E-state index is 13.6. The summed E-state index contributed by atoms with van der Waals surface area (Å²) in [5.74, 6) is -2.14. The summed E-state index contributed by atoms with van der Waals surface area (Å²) in [6.45, 7) is 1.53. The summed E-state index contributed by atoms with van der Waals surface area (Å²) in [4.78, 5) is 23.8. The van der Waals surface area contributed by atoms with Crippen molar-refractivity contribution < 1.29 is 36.3 Å². The second-order valence-electron chi connectivity index (χ2n) is 8.07. The molecule has 1 amide bonds. The molecule has 3 rings (SSSR count). The minimum Gasteiger partial charge on any atom is -0.480 e. The Bertz CT molecular complexity index is 1170. The minimum atomic E-state index is -4.93. The molecular formula is C23H25F3N2O5S. The van der Waals surface area contributed by atoms with Crippen LogP contribution in [0.25, 0.3) is 0 Å². The van der Waals surface area contributed by atoms with E-state index in [2.05, 4.69) is 5.32 Å². The maximum atomic E-state index is 13.6. The van der Waals surface area contributed by atoms with Crippen LogP contribution in [0.2, 0.25) is 0 Å². The summed E-state index contributed by atoms with van der Waals surface area (Å²) in [6, 6.07) is 7.86. The molecule has 11 heteroatoms. The van der Waals surface area contributed by atoms with E-state index in [0.717, 1.165) is 16.4 Å². The van der Waals surface area contributed by atoms with E-state index in [4.69, 9.17) is 0 Å². The predicted octanol–water partition coefficient (Wildman–Crippen LogP) is 3.58. The second kappa shape index (κ2) is 10.1. The van der Waals surface area contributed by atoms with Gasteiger partial charge in [0.2, 0.25) is 15.9 Å². The first-order chi connectivity index (χ1) is 16.0. The number of hydrogen-bond donors (Lipinski definition) is 2. The van der Waals surface area contributed by atoms with Gasteiger partial charge < -0.3 is 10.4 Å².